The molecule has 126 heavy (non-hydrogen) atoms. The lowest BCUT2D eigenvalue weighted by Gasteiger charge is -2.18. The Bertz CT molecular complexity index is 7210. The zero-order valence-electron chi connectivity index (χ0n) is 68.6. The van der Waals surface area contributed by atoms with E-state index in [9.17, 15) is 77.9 Å². The zero-order chi connectivity index (χ0) is 90.5. The Morgan fingerprint density at radius 1 is 0.317 bits per heavy atom. The molecule has 8 aromatic rings. The summed E-state index contributed by atoms with van der Waals surface area (Å²) in [7, 11) is 0. The third-order valence-electron chi connectivity index (χ3n) is 21.1. The molecular formula is C87H79Cl2F9N20O8. The molecular weight excluding hydrogens is 1690 g/mol. The minimum absolute atomic E-state index is 0.0101. The summed E-state index contributed by atoms with van der Waals surface area (Å²) in [6, 6.07) is 36.0. The van der Waals surface area contributed by atoms with Gasteiger partial charge in [-0.15, -0.1) is 0 Å². The number of nitrogens with zero attached hydrogens (tertiary/aromatic N) is 12. The fourth-order valence-electron chi connectivity index (χ4n) is 14.1. The van der Waals surface area contributed by atoms with E-state index in [4.69, 9.17) is 23.2 Å². The van der Waals surface area contributed by atoms with E-state index in [0.717, 1.165) is 91.4 Å². The highest BCUT2D eigenvalue weighted by Crippen LogP contribution is 2.35. The maximum Gasteiger partial charge on any atom is 0.416 e. The summed E-state index contributed by atoms with van der Waals surface area (Å²) in [4.78, 5) is 139. The monoisotopic (exact) mass is 1770 g/mol. The molecule has 0 atom stereocenters. The van der Waals surface area contributed by atoms with Crippen LogP contribution in [0.4, 0.5) is 39.5 Å². The molecule has 8 aliphatic heterocycles. The van der Waals surface area contributed by atoms with Crippen molar-refractivity contribution in [3.63, 3.8) is 0 Å². The fraction of sp³-hybridized carbons (Fsp3) is 0.264. The molecule has 0 radical (unpaired) electrons. The number of rotatable bonds is 20. The summed E-state index contributed by atoms with van der Waals surface area (Å²) in [5.41, 5.74) is 8.60. The number of benzene rings is 8. The summed E-state index contributed by atoms with van der Waals surface area (Å²) in [6.07, 6.45) is -13.2. The number of aromatic nitrogens is 16. The van der Waals surface area contributed by atoms with Crippen LogP contribution in [0, 0.1) is 55.4 Å². The van der Waals surface area contributed by atoms with Crippen molar-refractivity contribution in [1.29, 1.82) is 0 Å². The van der Waals surface area contributed by atoms with Gasteiger partial charge in [-0.05, 0) is 213 Å². The van der Waals surface area contributed by atoms with Crippen LogP contribution in [-0.2, 0) is 70.9 Å². The molecule has 0 saturated carbocycles. The first-order chi connectivity index (χ1) is 59.7. The van der Waals surface area contributed by atoms with E-state index >= 15 is 0 Å². The molecule has 28 nitrogen and oxygen atoms in total. The second-order valence-electron chi connectivity index (χ2n) is 29.9. The summed E-state index contributed by atoms with van der Waals surface area (Å²) < 4.78 is 124. The normalized spacial score (nSPS) is 11.9. The molecule has 0 saturated heterocycles. The maximum atomic E-state index is 13.2. The largest absolute Gasteiger partial charge is 0.416 e. The van der Waals surface area contributed by atoms with Crippen LogP contribution in [0.25, 0.3) is 90.2 Å². The van der Waals surface area contributed by atoms with Gasteiger partial charge in [0, 0.05) is 88.6 Å². The summed E-state index contributed by atoms with van der Waals surface area (Å²) >= 11 is 12.3. The molecule has 0 fully saturated rings. The number of aromatic amines is 4. The predicted octanol–water partition coefficient (Wildman–Crippen LogP) is 12.3. The van der Waals surface area contributed by atoms with Gasteiger partial charge in [0.1, 0.15) is 0 Å². The van der Waals surface area contributed by atoms with E-state index in [2.05, 4.69) is 81.1 Å². The van der Waals surface area contributed by atoms with Crippen LogP contribution in [0.15, 0.2) is 178 Å². The number of hydrogen-bond donors (Lipinski definition) is 8. The van der Waals surface area contributed by atoms with Gasteiger partial charge >= 0.3 is 41.3 Å². The predicted molar refractivity (Wildman–Crippen MR) is 460 cm³/mol. The first-order valence-electron chi connectivity index (χ1n) is 39.2. The lowest BCUT2D eigenvalue weighted by Crippen LogP contribution is -2.30. The average Bonchev–Trinajstić information content (AvgIpc) is 0.768. The number of fused-ring (bicyclic) bond motifs is 8. The van der Waals surface area contributed by atoms with E-state index in [1.54, 1.807) is 38.0 Å². The van der Waals surface area contributed by atoms with Crippen LogP contribution in [0.3, 0.4) is 0 Å². The topological polar surface area (TPSA) is 371 Å². The van der Waals surface area contributed by atoms with Gasteiger partial charge in [0.25, 0.3) is 22.2 Å². The van der Waals surface area contributed by atoms with Gasteiger partial charge < -0.3 is 39.5 Å². The first kappa shape index (κ1) is 90.4. The van der Waals surface area contributed by atoms with Crippen molar-refractivity contribution < 1.29 is 39.5 Å². The number of aryl methyl sites for hydroxylation is 8. The van der Waals surface area contributed by atoms with Crippen molar-refractivity contribution in [2.75, 3.05) is 26.2 Å². The lowest BCUT2D eigenvalue weighted by molar-refractivity contribution is -0.138. The van der Waals surface area contributed by atoms with E-state index in [1.807, 2.05) is 115 Å². The zero-order valence-corrected chi connectivity index (χ0v) is 70.1. The molecule has 16 rings (SSSR count). The molecule has 8 aromatic carbocycles. The summed E-state index contributed by atoms with van der Waals surface area (Å²) in [5.74, 6) is 0.746. The second kappa shape index (κ2) is 37.6. The van der Waals surface area contributed by atoms with Crippen LogP contribution < -0.4 is 66.3 Å². The first-order valence-corrected chi connectivity index (χ1v) is 39.9. The van der Waals surface area contributed by atoms with Crippen molar-refractivity contribution >= 4 is 67.3 Å². The maximum absolute atomic E-state index is 13.2. The Morgan fingerprint density at radius 2 is 0.643 bits per heavy atom. The van der Waals surface area contributed by atoms with Gasteiger partial charge in [-0.25, -0.2) is 39.1 Å². The number of nitrogens with one attached hydrogen (secondary N) is 8. The highest BCUT2D eigenvalue weighted by atomic mass is 35.5. The van der Waals surface area contributed by atoms with Gasteiger partial charge in [0.05, 0.1) is 60.8 Å². The van der Waals surface area contributed by atoms with Gasteiger partial charge in [-0.3, -0.25) is 39.1 Å². The second-order valence-corrected chi connectivity index (χ2v) is 30.8. The SMILES string of the molecule is Cc1cc2nc3c(=O)[nH]c(=O)nc-3n(CCNCc3cc(Cl)ccc3Cl)c2cc1C.Cc1cc2nc3c(=O)[nH]c(=O)nc-3n(CCNCc3ccc(C(F)(F)F)cc3)c2cc1C.Cc1cc2nc3c(=O)[nH]c(=O)nc-3n(CCNCc3cccc(C(F)(F)F)c3)c2cc1C.Cc1cc2nc3c(=O)[nH]c(=O)nc-3n(CCNCc3ccccc3C(F)(F)F)c2cc1C. The number of alkyl halides is 9. The lowest BCUT2D eigenvalue weighted by atomic mass is 10.1. The van der Waals surface area contributed by atoms with Crippen LogP contribution in [0.5, 0.6) is 0 Å². The molecule has 0 aliphatic carbocycles. The smallest absolute Gasteiger partial charge is 0.321 e. The molecule has 0 spiro atoms. The molecule has 652 valence electrons. The Labute approximate surface area is 717 Å². The molecule has 0 aromatic heterocycles. The van der Waals surface area contributed by atoms with Crippen LogP contribution in [-0.4, -0.2) is 104 Å². The number of hydrogen-bond acceptors (Lipinski definition) is 20. The van der Waals surface area contributed by atoms with Crippen LogP contribution >= 0.6 is 23.2 Å². The van der Waals surface area contributed by atoms with Crippen LogP contribution in [0.1, 0.15) is 83.5 Å². The minimum atomic E-state index is -4.44. The number of H-pyrrole nitrogens is 4. The highest BCUT2D eigenvalue weighted by Gasteiger charge is 2.34. The summed E-state index contributed by atoms with van der Waals surface area (Å²) in [5, 5.41) is 13.9. The quantitative estimate of drug-likeness (QED) is 0.0200. The molecule has 39 heteroatoms. The molecule has 0 bridgehead atoms. The van der Waals surface area contributed by atoms with Crippen LogP contribution in [0.2, 0.25) is 10.0 Å². The molecule has 8 heterocycles. The molecule has 8 N–H and O–H groups in total. The van der Waals surface area contributed by atoms with E-state index < -0.39 is 80.2 Å². The Morgan fingerprint density at radius 3 is 0.992 bits per heavy atom. The third kappa shape index (κ3) is 20.8. The molecule has 0 amide bonds. The Hall–Kier alpha value is -13.3. The van der Waals surface area contributed by atoms with Gasteiger partial charge in [0.15, 0.2) is 46.1 Å². The number of halogens is 11. The molecule has 8 aliphatic rings. The highest BCUT2D eigenvalue weighted by molar-refractivity contribution is 6.33. The van der Waals surface area contributed by atoms with Crippen molar-refractivity contribution in [1.82, 2.24) is 99.3 Å². The Balaban J connectivity index is 0.000000144. The van der Waals surface area contributed by atoms with Gasteiger partial charge in [-0.2, -0.15) is 59.4 Å². The van der Waals surface area contributed by atoms with Crippen molar-refractivity contribution in [3.05, 3.63) is 316 Å². The molecule has 0 unspecified atom stereocenters. The Kier molecular flexibility index (Phi) is 27.0. The van der Waals surface area contributed by atoms with Gasteiger partial charge in [0.2, 0.25) is 0 Å². The summed E-state index contributed by atoms with van der Waals surface area (Å²) in [6.45, 7) is 19.8. The standard InChI is InChI=1S/3C22H20F3N5O2.C21H19Cl2N5O2/c1-12-9-16-17(10-13(12)2)30(19-18(27-16)20(31)29-21(32)28-19)8-7-26-11-14-3-5-15(6-4-14)22(23,24)25;1-12-8-16-17(9-13(12)2)30(19-18(27-16)20(31)29-21(32)28-19)7-6-26-11-14-4-3-5-15(10-14)22(23,24)25;1-12-9-16-17(10-13(12)2)30(19-18(27-16)20(31)29-21(32)28-19)8-7-26-11-14-5-3-4-6-15(14)22(23,24)25;1-11-7-16-17(8-12(11)2)28(19-18(25-16)20(29)27-21(30)26-19)6-5-24-10-13-9-14(22)3-4-15(13)23/h3-6,9-10,26H,7-8,11H2,1-2H3,(H,29,31,32);3-5,8-10,26H,6-7,11H2,1-2H3,(H,29,31,32);3-6,9-10,26H,7-8,11H2,1-2H3,(H,29,31,32);3-4,7-9,24H,5-6,10H2,1-2H3,(H,27,29,30). The van der Waals surface area contributed by atoms with E-state index in [-0.39, 0.29) is 77.8 Å². The van der Waals surface area contributed by atoms with Crippen molar-refractivity contribution in [2.45, 2.75) is 126 Å². The van der Waals surface area contributed by atoms with E-state index in [0.29, 0.717) is 107 Å². The fourth-order valence-corrected chi connectivity index (χ4v) is 14.5. The minimum Gasteiger partial charge on any atom is -0.321 e. The van der Waals surface area contributed by atoms with Gasteiger partial charge in [-0.1, -0.05) is 71.7 Å². The third-order valence-corrected chi connectivity index (χ3v) is 21.7. The van der Waals surface area contributed by atoms with E-state index in [1.165, 1.54) is 30.3 Å². The van der Waals surface area contributed by atoms with Crippen molar-refractivity contribution in [2.24, 2.45) is 0 Å². The average molecular weight is 1770 g/mol. The van der Waals surface area contributed by atoms with Crippen molar-refractivity contribution in [3.8, 4) is 46.1 Å².